The molecule has 7 heteroatoms. The van der Waals surface area contributed by atoms with Crippen molar-refractivity contribution in [2.24, 2.45) is 0 Å². The van der Waals surface area contributed by atoms with Gasteiger partial charge in [0, 0.05) is 23.1 Å². The number of fused-ring (bicyclic) bond motifs is 1. The van der Waals surface area contributed by atoms with Crippen molar-refractivity contribution in [3.63, 3.8) is 0 Å². The van der Waals surface area contributed by atoms with Gasteiger partial charge in [-0.25, -0.2) is 0 Å². The normalized spacial score (nSPS) is 18.3. The Kier molecular flexibility index (Phi) is 5.56. The number of amides is 1. The van der Waals surface area contributed by atoms with Crippen LogP contribution < -0.4 is 4.90 Å². The van der Waals surface area contributed by atoms with Crippen LogP contribution in [0.2, 0.25) is 0 Å². The summed E-state index contributed by atoms with van der Waals surface area (Å²) >= 11 is 3.32. The molecular formula is C23H24N4OS2. The molecule has 1 saturated carbocycles. The van der Waals surface area contributed by atoms with Crippen molar-refractivity contribution in [3.05, 3.63) is 66.0 Å². The summed E-state index contributed by atoms with van der Waals surface area (Å²) in [6.07, 6.45) is 2.39. The zero-order valence-corrected chi connectivity index (χ0v) is 18.5. The Morgan fingerprint density at radius 2 is 1.87 bits per heavy atom. The molecule has 0 saturated heterocycles. The van der Waals surface area contributed by atoms with Gasteiger partial charge in [0.15, 0.2) is 5.16 Å². The lowest BCUT2D eigenvalue weighted by atomic mass is 10.1. The van der Waals surface area contributed by atoms with Gasteiger partial charge >= 0.3 is 0 Å². The minimum Gasteiger partial charge on any atom is -0.306 e. The van der Waals surface area contributed by atoms with E-state index in [1.165, 1.54) is 30.2 Å². The maximum atomic E-state index is 13.5. The van der Waals surface area contributed by atoms with Gasteiger partial charge in [0.05, 0.1) is 17.5 Å². The average molecular weight is 437 g/mol. The summed E-state index contributed by atoms with van der Waals surface area (Å²) in [7, 11) is 0. The Morgan fingerprint density at radius 1 is 1.10 bits per heavy atom. The number of carbonyl (C=O) groups is 1. The number of benzene rings is 2. The summed E-state index contributed by atoms with van der Waals surface area (Å²) in [5.74, 6) is 2.95. The van der Waals surface area contributed by atoms with E-state index in [4.69, 9.17) is 0 Å². The van der Waals surface area contributed by atoms with Crippen LogP contribution in [0.3, 0.4) is 0 Å². The molecule has 0 spiro atoms. The van der Waals surface area contributed by atoms with Crippen molar-refractivity contribution < 1.29 is 4.79 Å². The lowest BCUT2D eigenvalue weighted by Gasteiger charge is -2.37. The average Bonchev–Trinajstić information content (AvgIpc) is 3.56. The molecular weight excluding hydrogens is 412 g/mol. The van der Waals surface area contributed by atoms with Crippen LogP contribution in [0.4, 0.5) is 5.69 Å². The maximum Gasteiger partial charge on any atom is 0.238 e. The minimum absolute atomic E-state index is 0.0327. The third kappa shape index (κ3) is 3.76. The van der Waals surface area contributed by atoms with E-state index in [2.05, 4.69) is 46.0 Å². The summed E-state index contributed by atoms with van der Waals surface area (Å²) in [5, 5.41) is 9.64. The topological polar surface area (TPSA) is 51.0 Å². The predicted molar refractivity (Wildman–Crippen MR) is 122 cm³/mol. The molecule has 2 aliphatic rings. The molecule has 5 nitrogen and oxygen atoms in total. The van der Waals surface area contributed by atoms with Crippen LogP contribution in [0.25, 0.3) is 0 Å². The molecule has 1 amide bonds. The van der Waals surface area contributed by atoms with Gasteiger partial charge in [-0.05, 0) is 37.5 Å². The number of para-hydroxylation sites is 1. The number of nitrogens with zero attached hydrogens (tertiary/aromatic N) is 4. The highest BCUT2D eigenvalue weighted by Gasteiger charge is 2.33. The van der Waals surface area contributed by atoms with Crippen LogP contribution in [0.5, 0.6) is 0 Å². The van der Waals surface area contributed by atoms with Gasteiger partial charge in [0.2, 0.25) is 5.91 Å². The van der Waals surface area contributed by atoms with Crippen LogP contribution in [0, 0.1) is 0 Å². The van der Waals surface area contributed by atoms with E-state index in [0.29, 0.717) is 11.7 Å². The Balaban J connectivity index is 1.40. The highest BCUT2D eigenvalue weighted by Crippen LogP contribution is 2.44. The van der Waals surface area contributed by atoms with Gasteiger partial charge in [-0.2, -0.15) is 0 Å². The number of rotatable bonds is 6. The smallest absolute Gasteiger partial charge is 0.238 e. The summed E-state index contributed by atoms with van der Waals surface area (Å²) in [4.78, 5) is 16.7. The first-order valence-electron chi connectivity index (χ1n) is 10.4. The predicted octanol–water partition coefficient (Wildman–Crippen LogP) is 5.15. The summed E-state index contributed by atoms with van der Waals surface area (Å²) < 4.78 is 2.17. The van der Waals surface area contributed by atoms with E-state index in [1.54, 1.807) is 0 Å². The summed E-state index contributed by atoms with van der Waals surface area (Å²) in [6, 6.07) is 18.6. The van der Waals surface area contributed by atoms with E-state index in [9.17, 15) is 4.79 Å². The molecule has 1 atom stereocenters. The SMILES string of the molecule is CCn1c(SCC(=O)N2c3ccccc3SCC2c2ccccc2)nnc1C1CC1. The first-order chi connectivity index (χ1) is 14.8. The van der Waals surface area contributed by atoms with Crippen molar-refractivity contribution in [2.75, 3.05) is 16.4 Å². The molecule has 1 fully saturated rings. The molecule has 0 radical (unpaired) electrons. The van der Waals surface area contributed by atoms with Gasteiger partial charge in [0.1, 0.15) is 5.82 Å². The fraction of sp³-hybridized carbons (Fsp3) is 0.348. The van der Waals surface area contributed by atoms with Crippen LogP contribution in [0.15, 0.2) is 64.6 Å². The molecule has 0 N–H and O–H groups in total. The molecule has 1 aromatic heterocycles. The molecule has 30 heavy (non-hydrogen) atoms. The highest BCUT2D eigenvalue weighted by molar-refractivity contribution is 8.00. The highest BCUT2D eigenvalue weighted by atomic mass is 32.2. The summed E-state index contributed by atoms with van der Waals surface area (Å²) in [5.41, 5.74) is 2.18. The van der Waals surface area contributed by atoms with Crippen molar-refractivity contribution in [1.29, 1.82) is 0 Å². The van der Waals surface area contributed by atoms with Crippen LogP contribution in [-0.2, 0) is 11.3 Å². The zero-order chi connectivity index (χ0) is 20.5. The summed E-state index contributed by atoms with van der Waals surface area (Å²) in [6.45, 7) is 2.95. The van der Waals surface area contributed by atoms with Crippen LogP contribution >= 0.6 is 23.5 Å². The Bertz CT molecular complexity index is 1050. The van der Waals surface area contributed by atoms with Gasteiger partial charge in [-0.1, -0.05) is 54.2 Å². The van der Waals surface area contributed by atoms with Crippen molar-refractivity contribution in [3.8, 4) is 0 Å². The van der Waals surface area contributed by atoms with Crippen molar-refractivity contribution >= 4 is 35.1 Å². The second-order valence-electron chi connectivity index (χ2n) is 7.62. The minimum atomic E-state index is 0.0327. The van der Waals surface area contributed by atoms with Crippen LogP contribution in [-0.4, -0.2) is 32.2 Å². The van der Waals surface area contributed by atoms with E-state index in [0.717, 1.165) is 33.9 Å². The molecule has 1 aliphatic heterocycles. The number of hydrogen-bond donors (Lipinski definition) is 0. The second-order valence-corrected chi connectivity index (χ2v) is 9.62. The third-order valence-corrected chi connectivity index (χ3v) is 7.71. The molecule has 3 aromatic rings. The van der Waals surface area contributed by atoms with E-state index in [-0.39, 0.29) is 11.9 Å². The molecule has 1 aliphatic carbocycles. The second kappa shape index (κ2) is 8.47. The van der Waals surface area contributed by atoms with E-state index < -0.39 is 0 Å². The zero-order valence-electron chi connectivity index (χ0n) is 16.9. The number of aromatic nitrogens is 3. The standard InChI is InChI=1S/C23H24N4OS2/c1-2-26-22(17-12-13-17)24-25-23(26)30-15-21(28)27-18-10-6-7-11-20(18)29-14-19(27)16-8-4-3-5-9-16/h3-11,17,19H,2,12-15H2,1H3. The third-order valence-electron chi connectivity index (χ3n) is 5.62. The lowest BCUT2D eigenvalue weighted by Crippen LogP contribution is -2.39. The maximum absolute atomic E-state index is 13.5. The van der Waals surface area contributed by atoms with Crippen molar-refractivity contribution in [1.82, 2.24) is 14.8 Å². The van der Waals surface area contributed by atoms with Gasteiger partial charge in [-0.15, -0.1) is 22.0 Å². The largest absolute Gasteiger partial charge is 0.306 e. The fourth-order valence-electron chi connectivity index (χ4n) is 3.96. The number of carbonyl (C=O) groups excluding carboxylic acids is 1. The number of anilines is 1. The first kappa shape index (κ1) is 19.7. The lowest BCUT2D eigenvalue weighted by molar-refractivity contribution is -0.116. The van der Waals surface area contributed by atoms with Crippen molar-refractivity contribution in [2.45, 2.75) is 48.3 Å². The van der Waals surface area contributed by atoms with Crippen LogP contribution in [0.1, 0.15) is 43.1 Å². The Hall–Kier alpha value is -2.25. The van der Waals surface area contributed by atoms with Gasteiger partial charge in [-0.3, -0.25) is 4.79 Å². The van der Waals surface area contributed by atoms with Gasteiger partial charge < -0.3 is 9.47 Å². The molecule has 154 valence electrons. The molecule has 2 heterocycles. The monoisotopic (exact) mass is 436 g/mol. The van der Waals surface area contributed by atoms with E-state index >= 15 is 0 Å². The van der Waals surface area contributed by atoms with Gasteiger partial charge in [0.25, 0.3) is 0 Å². The van der Waals surface area contributed by atoms with E-state index in [1.807, 2.05) is 47.0 Å². The number of hydrogen-bond acceptors (Lipinski definition) is 5. The Morgan fingerprint density at radius 3 is 2.63 bits per heavy atom. The molecule has 2 aromatic carbocycles. The Labute approximate surface area is 185 Å². The molecule has 1 unspecified atom stereocenters. The molecule has 5 rings (SSSR count). The molecule has 0 bridgehead atoms. The first-order valence-corrected chi connectivity index (χ1v) is 12.4. The number of thioether (sulfide) groups is 2. The quantitative estimate of drug-likeness (QED) is 0.500. The fourth-order valence-corrected chi connectivity index (χ4v) is 6.00.